The summed E-state index contributed by atoms with van der Waals surface area (Å²) in [6.07, 6.45) is 1.78. The van der Waals surface area contributed by atoms with E-state index in [0.29, 0.717) is 0 Å². The summed E-state index contributed by atoms with van der Waals surface area (Å²) >= 11 is 1.72. The number of benzene rings is 2. The topological polar surface area (TPSA) is 46.5 Å². The summed E-state index contributed by atoms with van der Waals surface area (Å²) < 4.78 is 5.64. The Morgan fingerprint density at radius 1 is 1.04 bits per heavy atom. The van der Waals surface area contributed by atoms with Gasteiger partial charge in [-0.3, -0.25) is 4.79 Å². The van der Waals surface area contributed by atoms with Crippen molar-refractivity contribution in [3.05, 3.63) is 54.6 Å². The number of carbonyl (C=O) groups excluding carboxylic acids is 1. The van der Waals surface area contributed by atoms with E-state index in [9.17, 15) is 9.90 Å². The van der Waals surface area contributed by atoms with Gasteiger partial charge in [-0.25, -0.2) is 0 Å². The molecule has 2 aromatic carbocycles. The third-order valence-electron chi connectivity index (χ3n) is 4.89. The maximum absolute atomic E-state index is 12.7. The number of esters is 1. The van der Waals surface area contributed by atoms with Crippen molar-refractivity contribution in [1.29, 1.82) is 0 Å². The highest BCUT2D eigenvalue weighted by Gasteiger charge is 2.43. The molecule has 0 aromatic heterocycles. The molecular weight excluding hydrogens is 356 g/mol. The second-order valence-corrected chi connectivity index (χ2v) is 9.44. The Morgan fingerprint density at radius 3 is 2.26 bits per heavy atom. The van der Waals surface area contributed by atoms with Gasteiger partial charge in [0.1, 0.15) is 5.60 Å². The third-order valence-corrected chi connectivity index (χ3v) is 6.27. The van der Waals surface area contributed by atoms with Gasteiger partial charge in [0.25, 0.3) is 0 Å². The van der Waals surface area contributed by atoms with Gasteiger partial charge in [0.05, 0.1) is 5.92 Å². The molecule has 4 heteroatoms. The second kappa shape index (κ2) is 8.49. The number of carbonyl (C=O) groups is 1. The van der Waals surface area contributed by atoms with Crippen molar-refractivity contribution in [2.45, 2.75) is 49.4 Å². The molecule has 3 rings (SSSR count). The van der Waals surface area contributed by atoms with Gasteiger partial charge in [-0.2, -0.15) is 0 Å². The zero-order valence-corrected chi connectivity index (χ0v) is 17.0. The molecular formula is C23H28O3S. The van der Waals surface area contributed by atoms with Crippen molar-refractivity contribution in [3.8, 4) is 11.1 Å². The molecule has 0 heterocycles. The van der Waals surface area contributed by atoms with E-state index in [4.69, 9.17) is 4.74 Å². The van der Waals surface area contributed by atoms with Crippen LogP contribution in [0.25, 0.3) is 11.1 Å². The first-order valence-corrected chi connectivity index (χ1v) is 10.4. The van der Waals surface area contributed by atoms with Gasteiger partial charge >= 0.3 is 5.97 Å². The van der Waals surface area contributed by atoms with Crippen LogP contribution in [-0.2, 0) is 9.53 Å². The van der Waals surface area contributed by atoms with Gasteiger partial charge in [-0.05, 0) is 62.8 Å². The lowest BCUT2D eigenvalue weighted by Gasteiger charge is -2.27. The molecule has 1 saturated carbocycles. The number of aliphatic hydroxyl groups is 1. The van der Waals surface area contributed by atoms with E-state index in [1.165, 1.54) is 11.1 Å². The minimum atomic E-state index is -0.508. The van der Waals surface area contributed by atoms with Crippen molar-refractivity contribution in [2.75, 3.05) is 6.61 Å². The van der Waals surface area contributed by atoms with E-state index >= 15 is 0 Å². The molecule has 1 N–H and O–H groups in total. The first kappa shape index (κ1) is 20.0. The monoisotopic (exact) mass is 384 g/mol. The molecule has 1 fully saturated rings. The van der Waals surface area contributed by atoms with Crippen molar-refractivity contribution < 1.29 is 14.6 Å². The van der Waals surface area contributed by atoms with E-state index in [1.807, 2.05) is 39.0 Å². The highest BCUT2D eigenvalue weighted by molar-refractivity contribution is 8.00. The lowest BCUT2D eigenvalue weighted by molar-refractivity contribution is -0.161. The molecule has 0 radical (unpaired) electrons. The van der Waals surface area contributed by atoms with Gasteiger partial charge < -0.3 is 9.84 Å². The summed E-state index contributed by atoms with van der Waals surface area (Å²) in [5, 5.41) is 9.85. The predicted octanol–water partition coefficient (Wildman–Crippen LogP) is 5.17. The fourth-order valence-electron chi connectivity index (χ4n) is 3.62. The fourth-order valence-corrected chi connectivity index (χ4v) is 5.00. The lowest BCUT2D eigenvalue weighted by Crippen LogP contribution is -2.35. The smallest absolute Gasteiger partial charge is 0.310 e. The summed E-state index contributed by atoms with van der Waals surface area (Å²) in [6, 6.07) is 18.8. The maximum Gasteiger partial charge on any atom is 0.310 e. The molecule has 3 atom stereocenters. The molecule has 144 valence electrons. The van der Waals surface area contributed by atoms with Crippen LogP contribution in [0.4, 0.5) is 0 Å². The number of ether oxygens (including phenoxy) is 1. The van der Waals surface area contributed by atoms with Gasteiger partial charge in [-0.1, -0.05) is 42.5 Å². The van der Waals surface area contributed by atoms with Crippen LogP contribution in [0.5, 0.6) is 0 Å². The molecule has 0 amide bonds. The lowest BCUT2D eigenvalue weighted by atomic mass is 9.96. The zero-order chi connectivity index (χ0) is 19.4. The Labute approximate surface area is 166 Å². The molecule has 27 heavy (non-hydrogen) atoms. The minimum absolute atomic E-state index is 0.0130. The molecule has 2 aromatic rings. The van der Waals surface area contributed by atoms with E-state index in [2.05, 4.69) is 36.4 Å². The van der Waals surface area contributed by atoms with Gasteiger partial charge in [0.2, 0.25) is 0 Å². The summed E-state index contributed by atoms with van der Waals surface area (Å²) in [6.45, 7) is 5.70. The zero-order valence-electron chi connectivity index (χ0n) is 16.2. The summed E-state index contributed by atoms with van der Waals surface area (Å²) in [4.78, 5) is 13.9. The van der Waals surface area contributed by atoms with Crippen LogP contribution in [0.2, 0.25) is 0 Å². The number of hydrogen-bond acceptors (Lipinski definition) is 4. The average Bonchev–Trinajstić information content (AvgIpc) is 3.04. The van der Waals surface area contributed by atoms with E-state index in [0.717, 1.165) is 17.7 Å². The van der Waals surface area contributed by atoms with Gasteiger partial charge in [-0.15, -0.1) is 11.8 Å². The van der Waals surface area contributed by atoms with Crippen molar-refractivity contribution in [2.24, 2.45) is 11.8 Å². The highest BCUT2D eigenvalue weighted by Crippen LogP contribution is 2.43. The first-order chi connectivity index (χ1) is 12.9. The largest absolute Gasteiger partial charge is 0.460 e. The molecule has 0 unspecified atom stereocenters. The quantitative estimate of drug-likeness (QED) is 0.722. The van der Waals surface area contributed by atoms with Crippen LogP contribution in [0.3, 0.4) is 0 Å². The molecule has 0 saturated heterocycles. The molecule has 0 spiro atoms. The number of aliphatic hydroxyl groups excluding tert-OH is 1. The second-order valence-electron chi connectivity index (χ2n) is 8.13. The van der Waals surface area contributed by atoms with E-state index in [-0.39, 0.29) is 29.7 Å². The highest BCUT2D eigenvalue weighted by atomic mass is 32.2. The summed E-state index contributed by atoms with van der Waals surface area (Å²) in [5.74, 6) is -0.452. The maximum atomic E-state index is 12.7. The van der Waals surface area contributed by atoms with Crippen LogP contribution >= 0.6 is 11.8 Å². The Morgan fingerprint density at radius 2 is 1.67 bits per heavy atom. The van der Waals surface area contributed by atoms with Crippen LogP contribution in [0.1, 0.15) is 33.6 Å². The number of hydrogen-bond donors (Lipinski definition) is 1. The fraction of sp³-hybridized carbons (Fsp3) is 0.435. The molecule has 3 nitrogen and oxygen atoms in total. The van der Waals surface area contributed by atoms with Crippen LogP contribution in [0, 0.1) is 11.8 Å². The molecule has 1 aliphatic rings. The Kier molecular flexibility index (Phi) is 6.28. The molecule has 1 aliphatic carbocycles. The standard InChI is InChI=1S/C23H28O3S/c1-23(2,3)26-22(25)21-18(15-24)11-14-20(21)27-19-12-9-17(10-13-19)16-7-5-4-6-8-16/h4-10,12-13,18,20-21,24H,11,14-15H2,1-3H3/t18-,20-,21-/m0/s1. The van der Waals surface area contributed by atoms with E-state index < -0.39 is 5.60 Å². The summed E-state index contributed by atoms with van der Waals surface area (Å²) in [5.41, 5.74) is 1.87. The van der Waals surface area contributed by atoms with E-state index in [1.54, 1.807) is 11.8 Å². The van der Waals surface area contributed by atoms with Crippen LogP contribution < -0.4 is 0 Å². The van der Waals surface area contributed by atoms with Crippen LogP contribution in [-0.4, -0.2) is 28.5 Å². The Hall–Kier alpha value is -1.78. The minimum Gasteiger partial charge on any atom is -0.460 e. The van der Waals surface area contributed by atoms with Gasteiger partial charge in [0.15, 0.2) is 0 Å². The number of rotatable bonds is 5. The number of thioether (sulfide) groups is 1. The average molecular weight is 385 g/mol. The summed E-state index contributed by atoms with van der Waals surface area (Å²) in [7, 11) is 0. The Balaban J connectivity index is 1.72. The first-order valence-electron chi connectivity index (χ1n) is 9.53. The van der Waals surface area contributed by atoms with Crippen molar-refractivity contribution >= 4 is 17.7 Å². The van der Waals surface area contributed by atoms with Gasteiger partial charge in [0, 0.05) is 16.8 Å². The third kappa shape index (κ3) is 5.14. The molecule has 0 bridgehead atoms. The predicted molar refractivity (Wildman–Crippen MR) is 111 cm³/mol. The SMILES string of the molecule is CC(C)(C)OC(=O)[C@H]1[C@H](CO)CC[C@@H]1Sc1ccc(-c2ccccc2)cc1. The van der Waals surface area contributed by atoms with Crippen LogP contribution in [0.15, 0.2) is 59.5 Å². The molecule has 0 aliphatic heterocycles. The Bertz CT molecular complexity index is 749. The normalized spacial score (nSPS) is 22.6. The van der Waals surface area contributed by atoms with Crippen molar-refractivity contribution in [3.63, 3.8) is 0 Å². The van der Waals surface area contributed by atoms with Crippen molar-refractivity contribution in [1.82, 2.24) is 0 Å².